The molecule has 1 aromatic carbocycles. The van der Waals surface area contributed by atoms with Crippen molar-refractivity contribution in [3.8, 4) is 10.6 Å². The smallest absolute Gasteiger partial charge is 0.226 e. The Balaban J connectivity index is 2.02. The topological polar surface area (TPSA) is 42.0 Å². The molecule has 1 atom stereocenters. The van der Waals surface area contributed by atoms with Gasteiger partial charge in [0.15, 0.2) is 0 Å². The van der Waals surface area contributed by atoms with Crippen LogP contribution in [0.25, 0.3) is 10.6 Å². The number of hydrogen-bond acceptors (Lipinski definition) is 3. The molecule has 0 bridgehead atoms. The van der Waals surface area contributed by atoms with Gasteiger partial charge in [-0.05, 0) is 25.0 Å². The van der Waals surface area contributed by atoms with Crippen LogP contribution >= 0.6 is 27.3 Å². The molecule has 0 aliphatic carbocycles. The zero-order valence-electron chi connectivity index (χ0n) is 12.4. The van der Waals surface area contributed by atoms with E-state index in [-0.39, 0.29) is 11.9 Å². The van der Waals surface area contributed by atoms with E-state index in [0.717, 1.165) is 20.7 Å². The average molecular weight is 367 g/mol. The lowest BCUT2D eigenvalue weighted by atomic mass is 10.1. The summed E-state index contributed by atoms with van der Waals surface area (Å²) < 4.78 is 1.03. The summed E-state index contributed by atoms with van der Waals surface area (Å²) in [5.74, 6) is 0.462. The fraction of sp³-hybridized carbons (Fsp3) is 0.375. The van der Waals surface area contributed by atoms with Gasteiger partial charge in [0.2, 0.25) is 5.91 Å². The minimum atomic E-state index is 0.0299. The highest BCUT2D eigenvalue weighted by Crippen LogP contribution is 2.26. The average Bonchev–Trinajstić information content (AvgIpc) is 2.86. The van der Waals surface area contributed by atoms with E-state index in [1.807, 2.05) is 36.6 Å². The van der Waals surface area contributed by atoms with Crippen LogP contribution in [0.15, 0.2) is 34.1 Å². The van der Waals surface area contributed by atoms with E-state index in [1.165, 1.54) is 0 Å². The Morgan fingerprint density at radius 1 is 1.38 bits per heavy atom. The number of nitrogens with one attached hydrogen (secondary N) is 1. The number of halogens is 1. The van der Waals surface area contributed by atoms with E-state index in [2.05, 4.69) is 40.1 Å². The van der Waals surface area contributed by atoms with Crippen LogP contribution in [-0.4, -0.2) is 16.9 Å². The normalized spacial score (nSPS) is 12.4. The van der Waals surface area contributed by atoms with Crippen molar-refractivity contribution < 1.29 is 4.79 Å². The number of benzene rings is 1. The molecular weight excluding hydrogens is 348 g/mol. The zero-order chi connectivity index (χ0) is 15.4. The van der Waals surface area contributed by atoms with Crippen molar-refractivity contribution in [2.24, 2.45) is 5.92 Å². The molecule has 0 aliphatic heterocycles. The van der Waals surface area contributed by atoms with Gasteiger partial charge in [-0.15, -0.1) is 11.3 Å². The van der Waals surface area contributed by atoms with Gasteiger partial charge >= 0.3 is 0 Å². The van der Waals surface area contributed by atoms with E-state index in [1.54, 1.807) is 11.3 Å². The third kappa shape index (κ3) is 4.64. The van der Waals surface area contributed by atoms with Crippen LogP contribution in [0.1, 0.15) is 26.5 Å². The summed E-state index contributed by atoms with van der Waals surface area (Å²) in [5, 5.41) is 5.90. The Morgan fingerprint density at radius 3 is 2.81 bits per heavy atom. The molecule has 0 saturated carbocycles. The summed E-state index contributed by atoms with van der Waals surface area (Å²) in [6.07, 6.45) is 0.335. The number of carbonyl (C=O) groups excluding carboxylic acids is 1. The minimum Gasteiger partial charge on any atom is -0.353 e. The molecule has 3 nitrogen and oxygen atoms in total. The van der Waals surface area contributed by atoms with Crippen LogP contribution in [0.2, 0.25) is 0 Å². The van der Waals surface area contributed by atoms with Gasteiger partial charge in [0.25, 0.3) is 0 Å². The Hall–Kier alpha value is -1.20. The van der Waals surface area contributed by atoms with Crippen molar-refractivity contribution in [3.63, 3.8) is 0 Å². The van der Waals surface area contributed by atoms with Gasteiger partial charge in [-0.1, -0.05) is 41.9 Å². The molecule has 1 heterocycles. The summed E-state index contributed by atoms with van der Waals surface area (Å²) >= 11 is 5.03. The minimum absolute atomic E-state index is 0.0299. The van der Waals surface area contributed by atoms with Gasteiger partial charge in [-0.2, -0.15) is 0 Å². The first-order valence-electron chi connectivity index (χ1n) is 6.95. The van der Waals surface area contributed by atoms with Crippen molar-refractivity contribution in [2.45, 2.75) is 33.2 Å². The van der Waals surface area contributed by atoms with Crippen LogP contribution in [0.3, 0.4) is 0 Å². The predicted octanol–water partition coefficient (Wildman–Crippen LogP) is 4.28. The number of hydrogen-bond donors (Lipinski definition) is 1. The molecule has 0 fully saturated rings. The van der Waals surface area contributed by atoms with E-state index < -0.39 is 0 Å². The Kier molecular flexibility index (Phi) is 5.53. The quantitative estimate of drug-likeness (QED) is 0.857. The maximum absolute atomic E-state index is 12.0. The molecule has 1 aromatic heterocycles. The first-order chi connectivity index (χ1) is 9.95. The van der Waals surface area contributed by atoms with Crippen LogP contribution in [0, 0.1) is 5.92 Å². The predicted molar refractivity (Wildman–Crippen MR) is 91.4 cm³/mol. The van der Waals surface area contributed by atoms with Gasteiger partial charge in [0.05, 0.1) is 12.1 Å². The second-order valence-electron chi connectivity index (χ2n) is 5.43. The van der Waals surface area contributed by atoms with E-state index in [0.29, 0.717) is 12.3 Å². The number of nitrogens with zero attached hydrogens (tertiary/aromatic N) is 1. The number of amides is 1. The first kappa shape index (κ1) is 16.2. The highest BCUT2D eigenvalue weighted by atomic mass is 79.9. The van der Waals surface area contributed by atoms with Crippen molar-refractivity contribution >= 4 is 33.2 Å². The Labute approximate surface area is 137 Å². The molecule has 5 heteroatoms. The molecule has 21 heavy (non-hydrogen) atoms. The fourth-order valence-corrected chi connectivity index (χ4v) is 2.99. The number of thiazole rings is 1. The largest absolute Gasteiger partial charge is 0.353 e. The molecule has 1 unspecified atom stereocenters. The lowest BCUT2D eigenvalue weighted by Gasteiger charge is -2.16. The lowest BCUT2D eigenvalue weighted by molar-refractivity contribution is -0.121. The van der Waals surface area contributed by atoms with Crippen LogP contribution in [-0.2, 0) is 11.2 Å². The summed E-state index contributed by atoms with van der Waals surface area (Å²) in [7, 11) is 0. The number of rotatable bonds is 5. The second kappa shape index (κ2) is 7.18. The van der Waals surface area contributed by atoms with Crippen molar-refractivity contribution in [1.82, 2.24) is 10.3 Å². The highest BCUT2D eigenvalue weighted by molar-refractivity contribution is 9.10. The van der Waals surface area contributed by atoms with Gasteiger partial charge in [-0.3, -0.25) is 4.79 Å². The Morgan fingerprint density at radius 2 is 2.14 bits per heavy atom. The molecule has 0 radical (unpaired) electrons. The standard InChI is InChI=1S/C16H19BrN2OS/c1-10(2)11(3)18-15(20)8-14-9-21-16(19-14)12-5-4-6-13(17)7-12/h4-7,9-11H,8H2,1-3H3,(H,18,20). The number of carbonyl (C=O) groups is 1. The molecule has 1 N–H and O–H groups in total. The first-order valence-corrected chi connectivity index (χ1v) is 8.62. The summed E-state index contributed by atoms with van der Waals surface area (Å²) in [5.41, 5.74) is 1.89. The van der Waals surface area contributed by atoms with E-state index in [9.17, 15) is 4.79 Å². The molecule has 112 valence electrons. The molecule has 0 aliphatic rings. The summed E-state index contributed by atoms with van der Waals surface area (Å²) in [6.45, 7) is 6.22. The van der Waals surface area contributed by atoms with E-state index in [4.69, 9.17) is 0 Å². The van der Waals surface area contributed by atoms with Crippen molar-refractivity contribution in [2.75, 3.05) is 0 Å². The van der Waals surface area contributed by atoms with Crippen molar-refractivity contribution in [3.05, 3.63) is 39.8 Å². The fourth-order valence-electron chi connectivity index (χ4n) is 1.78. The molecular formula is C16H19BrN2OS. The highest BCUT2D eigenvalue weighted by Gasteiger charge is 2.13. The zero-order valence-corrected chi connectivity index (χ0v) is 14.8. The van der Waals surface area contributed by atoms with Gasteiger partial charge in [-0.25, -0.2) is 4.98 Å². The molecule has 1 amide bonds. The van der Waals surface area contributed by atoms with Crippen LogP contribution in [0.4, 0.5) is 0 Å². The van der Waals surface area contributed by atoms with Crippen LogP contribution in [0.5, 0.6) is 0 Å². The van der Waals surface area contributed by atoms with Gasteiger partial charge in [0.1, 0.15) is 5.01 Å². The number of aromatic nitrogens is 1. The monoisotopic (exact) mass is 366 g/mol. The maximum atomic E-state index is 12.0. The molecule has 2 rings (SSSR count). The molecule has 0 saturated heterocycles. The molecule has 2 aromatic rings. The third-order valence-electron chi connectivity index (χ3n) is 3.35. The van der Waals surface area contributed by atoms with Crippen LogP contribution < -0.4 is 5.32 Å². The maximum Gasteiger partial charge on any atom is 0.226 e. The third-order valence-corrected chi connectivity index (χ3v) is 4.79. The summed E-state index contributed by atoms with van der Waals surface area (Å²) in [4.78, 5) is 16.5. The van der Waals surface area contributed by atoms with Gasteiger partial charge in [0, 0.05) is 21.5 Å². The van der Waals surface area contributed by atoms with Gasteiger partial charge < -0.3 is 5.32 Å². The van der Waals surface area contributed by atoms with E-state index >= 15 is 0 Å². The van der Waals surface area contributed by atoms with Crippen molar-refractivity contribution in [1.29, 1.82) is 0 Å². The second-order valence-corrected chi connectivity index (χ2v) is 7.21. The SMILES string of the molecule is CC(C)C(C)NC(=O)Cc1csc(-c2cccc(Br)c2)n1. The Bertz CT molecular complexity index is 624. The lowest BCUT2D eigenvalue weighted by Crippen LogP contribution is -2.37. The summed E-state index contributed by atoms with van der Waals surface area (Å²) in [6, 6.07) is 8.20. The molecule has 0 spiro atoms.